The van der Waals surface area contributed by atoms with Crippen LogP contribution in [-0.2, 0) is 11.2 Å². The molecule has 0 amide bonds. The number of benzene rings is 1. The highest BCUT2D eigenvalue weighted by Gasteiger charge is 2.16. The Labute approximate surface area is 110 Å². The molecular formula is C14H17BrO2. The first-order valence-electron chi connectivity index (χ1n) is 5.59. The van der Waals surface area contributed by atoms with E-state index in [2.05, 4.69) is 15.9 Å². The van der Waals surface area contributed by atoms with Crippen molar-refractivity contribution in [1.82, 2.24) is 0 Å². The Morgan fingerprint density at radius 2 is 2.18 bits per heavy atom. The van der Waals surface area contributed by atoms with Gasteiger partial charge in [0.25, 0.3) is 0 Å². The molecule has 1 aromatic carbocycles. The monoisotopic (exact) mass is 296 g/mol. The van der Waals surface area contributed by atoms with E-state index in [1.165, 1.54) is 0 Å². The third-order valence-corrected chi connectivity index (χ3v) is 3.02. The third-order valence-electron chi connectivity index (χ3n) is 2.53. The summed E-state index contributed by atoms with van der Waals surface area (Å²) in [6.45, 7) is 3.97. The van der Waals surface area contributed by atoms with Crippen molar-refractivity contribution in [2.24, 2.45) is 5.92 Å². The molecule has 0 aromatic heterocycles. The number of rotatable bonds is 5. The summed E-state index contributed by atoms with van der Waals surface area (Å²) in [5, 5.41) is 9.18. The van der Waals surface area contributed by atoms with Gasteiger partial charge in [0.05, 0.1) is 5.92 Å². The largest absolute Gasteiger partial charge is 0.481 e. The Kier molecular flexibility index (Phi) is 5.42. The molecule has 0 fully saturated rings. The van der Waals surface area contributed by atoms with Crippen molar-refractivity contribution in [3.05, 3.63) is 46.0 Å². The van der Waals surface area contributed by atoms with Crippen molar-refractivity contribution in [3.63, 3.8) is 0 Å². The van der Waals surface area contributed by atoms with Crippen LogP contribution in [0.25, 0.3) is 0 Å². The molecule has 0 radical (unpaired) electrons. The summed E-state index contributed by atoms with van der Waals surface area (Å²) in [5.74, 6) is -1.08. The van der Waals surface area contributed by atoms with Crippen molar-refractivity contribution < 1.29 is 9.90 Å². The maximum absolute atomic E-state index is 11.2. The second-order valence-electron chi connectivity index (χ2n) is 4.39. The molecule has 92 valence electrons. The lowest BCUT2D eigenvalue weighted by atomic mass is 9.95. The molecule has 1 aromatic rings. The summed E-state index contributed by atoms with van der Waals surface area (Å²) in [7, 11) is 0. The number of carboxylic acids is 1. The quantitative estimate of drug-likeness (QED) is 0.833. The molecular weight excluding hydrogens is 280 g/mol. The van der Waals surface area contributed by atoms with Crippen LogP contribution in [-0.4, -0.2) is 11.1 Å². The lowest BCUT2D eigenvalue weighted by Gasteiger charge is -2.10. The van der Waals surface area contributed by atoms with Gasteiger partial charge in [0.15, 0.2) is 0 Å². The fourth-order valence-corrected chi connectivity index (χ4v) is 2.04. The molecule has 0 aliphatic rings. The zero-order valence-electron chi connectivity index (χ0n) is 10.1. The summed E-state index contributed by atoms with van der Waals surface area (Å²) in [6.07, 6.45) is 3.14. The van der Waals surface area contributed by atoms with Crippen LogP contribution in [0.15, 0.2) is 40.4 Å². The Bertz CT molecular complexity index is 420. The predicted octanol–water partition coefficient (Wildman–Crippen LogP) is 4.05. The van der Waals surface area contributed by atoms with Gasteiger partial charge < -0.3 is 5.11 Å². The van der Waals surface area contributed by atoms with E-state index in [1.54, 1.807) is 0 Å². The average molecular weight is 297 g/mol. The molecule has 17 heavy (non-hydrogen) atoms. The molecule has 1 atom stereocenters. The van der Waals surface area contributed by atoms with E-state index < -0.39 is 5.97 Å². The summed E-state index contributed by atoms with van der Waals surface area (Å²) in [6, 6.07) is 7.80. The standard InChI is InChI=1S/C14H17BrO2/c1-10(2)6-7-12(14(16)17)8-11-4-3-5-13(15)9-11/h3-6,9,12H,7-8H2,1-2H3,(H,16,17). The smallest absolute Gasteiger partial charge is 0.307 e. The van der Waals surface area contributed by atoms with Gasteiger partial charge in [0.2, 0.25) is 0 Å². The van der Waals surface area contributed by atoms with Crippen LogP contribution in [0.4, 0.5) is 0 Å². The minimum Gasteiger partial charge on any atom is -0.481 e. The summed E-state index contributed by atoms with van der Waals surface area (Å²) in [5.41, 5.74) is 2.21. The Morgan fingerprint density at radius 1 is 1.47 bits per heavy atom. The van der Waals surface area contributed by atoms with Gasteiger partial charge in [-0.2, -0.15) is 0 Å². The van der Waals surface area contributed by atoms with Crippen LogP contribution in [0, 0.1) is 5.92 Å². The summed E-state index contributed by atoms with van der Waals surface area (Å²) >= 11 is 3.39. The average Bonchev–Trinajstić information content (AvgIpc) is 2.23. The second-order valence-corrected chi connectivity index (χ2v) is 5.30. The van der Waals surface area contributed by atoms with Crippen LogP contribution in [0.5, 0.6) is 0 Å². The number of carbonyl (C=O) groups is 1. The Hall–Kier alpha value is -1.09. The SMILES string of the molecule is CC(C)=CCC(Cc1cccc(Br)c1)C(=O)O. The van der Waals surface area contributed by atoms with Gasteiger partial charge >= 0.3 is 5.97 Å². The topological polar surface area (TPSA) is 37.3 Å². The van der Waals surface area contributed by atoms with E-state index in [0.29, 0.717) is 12.8 Å². The number of halogens is 1. The minimum absolute atomic E-state index is 0.348. The van der Waals surface area contributed by atoms with Crippen LogP contribution in [0.2, 0.25) is 0 Å². The van der Waals surface area contributed by atoms with Crippen molar-refractivity contribution >= 4 is 21.9 Å². The van der Waals surface area contributed by atoms with E-state index in [4.69, 9.17) is 0 Å². The fourth-order valence-electron chi connectivity index (χ4n) is 1.60. The van der Waals surface area contributed by atoms with Crippen molar-refractivity contribution in [3.8, 4) is 0 Å². The zero-order valence-corrected chi connectivity index (χ0v) is 11.7. The summed E-state index contributed by atoms with van der Waals surface area (Å²) < 4.78 is 0.987. The fraction of sp³-hybridized carbons (Fsp3) is 0.357. The molecule has 0 aliphatic heterocycles. The maximum Gasteiger partial charge on any atom is 0.307 e. The molecule has 0 saturated carbocycles. The molecule has 0 spiro atoms. The molecule has 3 heteroatoms. The first-order chi connectivity index (χ1) is 7.99. The van der Waals surface area contributed by atoms with Crippen LogP contribution < -0.4 is 0 Å². The minimum atomic E-state index is -0.734. The molecule has 1 rings (SSSR count). The Morgan fingerprint density at radius 3 is 2.71 bits per heavy atom. The van der Waals surface area contributed by atoms with Crippen LogP contribution >= 0.6 is 15.9 Å². The molecule has 0 saturated heterocycles. The number of carboxylic acid groups (broad SMARTS) is 1. The van der Waals surface area contributed by atoms with Gasteiger partial charge in [-0.3, -0.25) is 4.79 Å². The lowest BCUT2D eigenvalue weighted by Crippen LogP contribution is -2.15. The van der Waals surface area contributed by atoms with Crippen LogP contribution in [0.1, 0.15) is 25.8 Å². The number of allylic oxidation sites excluding steroid dienone is 2. The van der Waals surface area contributed by atoms with E-state index >= 15 is 0 Å². The van der Waals surface area contributed by atoms with E-state index in [9.17, 15) is 9.90 Å². The van der Waals surface area contributed by atoms with Crippen molar-refractivity contribution in [1.29, 1.82) is 0 Å². The van der Waals surface area contributed by atoms with E-state index in [0.717, 1.165) is 15.6 Å². The number of aliphatic carboxylic acids is 1. The zero-order chi connectivity index (χ0) is 12.8. The molecule has 2 nitrogen and oxygen atoms in total. The number of hydrogen-bond acceptors (Lipinski definition) is 1. The molecule has 0 heterocycles. The van der Waals surface area contributed by atoms with Gasteiger partial charge in [0, 0.05) is 4.47 Å². The highest BCUT2D eigenvalue weighted by atomic mass is 79.9. The maximum atomic E-state index is 11.2. The first kappa shape index (κ1) is 14.0. The van der Waals surface area contributed by atoms with Gasteiger partial charge in [-0.05, 0) is 44.4 Å². The summed E-state index contributed by atoms with van der Waals surface area (Å²) in [4.78, 5) is 11.2. The molecule has 0 aliphatic carbocycles. The molecule has 1 unspecified atom stereocenters. The van der Waals surface area contributed by atoms with Gasteiger partial charge in [-0.25, -0.2) is 0 Å². The van der Waals surface area contributed by atoms with Crippen molar-refractivity contribution in [2.75, 3.05) is 0 Å². The normalized spacial score (nSPS) is 11.9. The highest BCUT2D eigenvalue weighted by molar-refractivity contribution is 9.10. The van der Waals surface area contributed by atoms with Gasteiger partial charge in [-0.1, -0.05) is 39.7 Å². The first-order valence-corrected chi connectivity index (χ1v) is 6.39. The predicted molar refractivity (Wildman–Crippen MR) is 73.0 cm³/mol. The van der Waals surface area contributed by atoms with Crippen LogP contribution in [0.3, 0.4) is 0 Å². The molecule has 1 N–H and O–H groups in total. The second kappa shape index (κ2) is 6.60. The van der Waals surface area contributed by atoms with Crippen molar-refractivity contribution in [2.45, 2.75) is 26.7 Å². The van der Waals surface area contributed by atoms with Gasteiger partial charge in [0.1, 0.15) is 0 Å². The third kappa shape index (κ3) is 5.18. The number of hydrogen-bond donors (Lipinski definition) is 1. The lowest BCUT2D eigenvalue weighted by molar-refractivity contribution is -0.141. The highest BCUT2D eigenvalue weighted by Crippen LogP contribution is 2.18. The Balaban J connectivity index is 2.73. The molecule has 0 bridgehead atoms. The van der Waals surface area contributed by atoms with E-state index in [-0.39, 0.29) is 5.92 Å². The van der Waals surface area contributed by atoms with Gasteiger partial charge in [-0.15, -0.1) is 0 Å². The van der Waals surface area contributed by atoms with E-state index in [1.807, 2.05) is 44.2 Å².